The summed E-state index contributed by atoms with van der Waals surface area (Å²) in [5, 5.41) is 0. The number of hydrogen-bond acceptors (Lipinski definition) is 4. The Hall–Kier alpha value is -1.63. The number of amides is 4. The molecule has 0 aromatic rings. The van der Waals surface area contributed by atoms with E-state index >= 15 is 0 Å². The monoisotopic (exact) mass is 335 g/mol. The number of hydrogen-bond donors (Lipinski definition) is 0. The van der Waals surface area contributed by atoms with Crippen LogP contribution in [0.5, 0.6) is 0 Å². The van der Waals surface area contributed by atoms with Gasteiger partial charge in [-0.2, -0.15) is 0 Å². The van der Waals surface area contributed by atoms with Crippen LogP contribution in [0.2, 0.25) is 0 Å². The Morgan fingerprint density at radius 2 is 1.58 bits per heavy atom. The van der Waals surface area contributed by atoms with Crippen molar-refractivity contribution in [3.8, 4) is 0 Å². The van der Waals surface area contributed by atoms with Gasteiger partial charge in [0.2, 0.25) is 5.91 Å². The molecule has 0 atom stereocenters. The molecule has 0 spiro atoms. The number of carbonyl (C=O) groups excluding carboxylic acids is 3. The minimum atomic E-state index is -0.114. The van der Waals surface area contributed by atoms with Crippen molar-refractivity contribution in [3.63, 3.8) is 0 Å². The van der Waals surface area contributed by atoms with Crippen molar-refractivity contribution in [2.75, 3.05) is 32.8 Å². The Morgan fingerprint density at radius 1 is 0.917 bits per heavy atom. The van der Waals surface area contributed by atoms with E-state index in [-0.39, 0.29) is 42.4 Å². The summed E-state index contributed by atoms with van der Waals surface area (Å²) in [7, 11) is 0. The lowest BCUT2D eigenvalue weighted by Crippen LogP contribution is -2.49. The average Bonchev–Trinajstić information content (AvgIpc) is 3.40. The normalized spacial score (nSPS) is 27.2. The zero-order valence-corrected chi connectivity index (χ0v) is 14.0. The summed E-state index contributed by atoms with van der Waals surface area (Å²) in [5.74, 6) is 0.277. The first-order valence-corrected chi connectivity index (χ1v) is 9.14. The molecule has 3 saturated heterocycles. The SMILES string of the molecule is O=C(C1CCOCC1)N1CCC(N2CC(=O)N(C3CC3)C2=O)CC1. The molecule has 0 bridgehead atoms. The van der Waals surface area contributed by atoms with Gasteiger partial charge in [0.15, 0.2) is 0 Å². The summed E-state index contributed by atoms with van der Waals surface area (Å²) >= 11 is 0. The standard InChI is InChI=1S/C17H25N3O4/c21-15-11-19(17(23)20(15)14-1-2-14)13-3-7-18(8-4-13)16(22)12-5-9-24-10-6-12/h12-14H,1-11H2. The van der Waals surface area contributed by atoms with Gasteiger partial charge in [-0.15, -0.1) is 0 Å². The molecular weight excluding hydrogens is 310 g/mol. The number of urea groups is 1. The summed E-state index contributed by atoms with van der Waals surface area (Å²) in [6.45, 7) is 2.93. The fourth-order valence-electron chi connectivity index (χ4n) is 4.11. The number of piperidine rings is 1. The second-order valence-electron chi connectivity index (χ2n) is 7.35. The van der Waals surface area contributed by atoms with Gasteiger partial charge in [-0.05, 0) is 38.5 Å². The van der Waals surface area contributed by atoms with E-state index in [2.05, 4.69) is 0 Å². The van der Waals surface area contributed by atoms with Crippen LogP contribution in [0.15, 0.2) is 0 Å². The highest BCUT2D eigenvalue weighted by Crippen LogP contribution is 2.32. The summed E-state index contributed by atoms with van der Waals surface area (Å²) < 4.78 is 5.33. The predicted octanol–water partition coefficient (Wildman–Crippen LogP) is 0.831. The third kappa shape index (κ3) is 2.90. The number of ether oxygens (including phenoxy) is 1. The van der Waals surface area contributed by atoms with E-state index in [0.29, 0.717) is 26.3 Å². The molecule has 1 aliphatic carbocycles. The molecule has 7 heteroatoms. The van der Waals surface area contributed by atoms with Crippen molar-refractivity contribution in [3.05, 3.63) is 0 Å². The minimum absolute atomic E-state index is 0.0526. The van der Waals surface area contributed by atoms with Crippen LogP contribution in [0.4, 0.5) is 4.79 Å². The molecule has 3 aliphatic heterocycles. The van der Waals surface area contributed by atoms with Gasteiger partial charge in [-0.1, -0.05) is 0 Å². The molecule has 4 aliphatic rings. The summed E-state index contributed by atoms with van der Waals surface area (Å²) in [5.41, 5.74) is 0. The number of likely N-dealkylation sites (tertiary alicyclic amines) is 1. The molecule has 0 aromatic carbocycles. The molecule has 0 radical (unpaired) electrons. The van der Waals surface area contributed by atoms with Crippen molar-refractivity contribution in [2.45, 2.75) is 50.6 Å². The summed E-state index contributed by atoms with van der Waals surface area (Å²) in [6.07, 6.45) is 5.06. The zero-order valence-electron chi connectivity index (χ0n) is 14.0. The second kappa shape index (κ2) is 6.35. The average molecular weight is 335 g/mol. The Kier molecular flexibility index (Phi) is 4.20. The van der Waals surface area contributed by atoms with Crippen molar-refractivity contribution >= 4 is 17.8 Å². The van der Waals surface area contributed by atoms with Gasteiger partial charge in [0, 0.05) is 44.3 Å². The predicted molar refractivity (Wildman–Crippen MR) is 85.1 cm³/mol. The van der Waals surface area contributed by atoms with Crippen LogP contribution in [0.25, 0.3) is 0 Å². The molecule has 4 amide bonds. The van der Waals surface area contributed by atoms with Crippen LogP contribution >= 0.6 is 0 Å². The third-order valence-electron chi connectivity index (χ3n) is 5.73. The lowest BCUT2D eigenvalue weighted by Gasteiger charge is -2.38. The number of rotatable bonds is 3. The number of nitrogens with zero attached hydrogens (tertiary/aromatic N) is 3. The first-order chi connectivity index (χ1) is 11.6. The van der Waals surface area contributed by atoms with Gasteiger partial charge in [0.05, 0.1) is 0 Å². The highest BCUT2D eigenvalue weighted by molar-refractivity contribution is 6.02. The van der Waals surface area contributed by atoms with E-state index in [1.165, 1.54) is 4.90 Å². The van der Waals surface area contributed by atoms with Crippen molar-refractivity contribution in [2.24, 2.45) is 5.92 Å². The molecule has 0 unspecified atom stereocenters. The molecule has 4 fully saturated rings. The van der Waals surface area contributed by atoms with Crippen molar-refractivity contribution < 1.29 is 19.1 Å². The van der Waals surface area contributed by atoms with E-state index in [1.54, 1.807) is 4.90 Å². The maximum atomic E-state index is 12.6. The number of imide groups is 1. The largest absolute Gasteiger partial charge is 0.381 e. The van der Waals surface area contributed by atoms with E-state index < -0.39 is 0 Å². The van der Waals surface area contributed by atoms with Crippen LogP contribution in [0.1, 0.15) is 38.5 Å². The highest BCUT2D eigenvalue weighted by Gasteiger charge is 2.47. The highest BCUT2D eigenvalue weighted by atomic mass is 16.5. The fourth-order valence-corrected chi connectivity index (χ4v) is 4.11. The van der Waals surface area contributed by atoms with Gasteiger partial charge >= 0.3 is 6.03 Å². The zero-order chi connectivity index (χ0) is 16.7. The Labute approximate surface area is 141 Å². The molecule has 0 N–H and O–H groups in total. The Balaban J connectivity index is 1.32. The van der Waals surface area contributed by atoms with Gasteiger partial charge in [-0.3, -0.25) is 14.5 Å². The van der Waals surface area contributed by atoms with E-state index in [4.69, 9.17) is 4.74 Å². The molecule has 4 rings (SSSR count). The van der Waals surface area contributed by atoms with Crippen LogP contribution in [-0.2, 0) is 14.3 Å². The Bertz CT molecular complexity index is 534. The molecule has 132 valence electrons. The van der Waals surface area contributed by atoms with Crippen LogP contribution < -0.4 is 0 Å². The van der Waals surface area contributed by atoms with Gasteiger partial charge in [0.25, 0.3) is 5.91 Å². The Morgan fingerprint density at radius 3 is 2.21 bits per heavy atom. The van der Waals surface area contributed by atoms with Gasteiger partial charge in [0.1, 0.15) is 6.54 Å². The topological polar surface area (TPSA) is 70.2 Å². The second-order valence-corrected chi connectivity index (χ2v) is 7.35. The molecule has 0 aromatic heterocycles. The fraction of sp³-hybridized carbons (Fsp3) is 0.824. The van der Waals surface area contributed by atoms with Gasteiger partial charge < -0.3 is 14.5 Å². The molecule has 24 heavy (non-hydrogen) atoms. The molecule has 7 nitrogen and oxygen atoms in total. The minimum Gasteiger partial charge on any atom is -0.381 e. The summed E-state index contributed by atoms with van der Waals surface area (Å²) in [4.78, 5) is 42.3. The van der Waals surface area contributed by atoms with E-state index in [0.717, 1.165) is 38.5 Å². The molecule has 1 saturated carbocycles. The quantitative estimate of drug-likeness (QED) is 0.717. The maximum absolute atomic E-state index is 12.6. The van der Waals surface area contributed by atoms with E-state index in [9.17, 15) is 14.4 Å². The molecule has 3 heterocycles. The smallest absolute Gasteiger partial charge is 0.327 e. The van der Waals surface area contributed by atoms with Crippen LogP contribution in [0, 0.1) is 5.92 Å². The van der Waals surface area contributed by atoms with Crippen molar-refractivity contribution in [1.29, 1.82) is 0 Å². The van der Waals surface area contributed by atoms with Crippen molar-refractivity contribution in [1.82, 2.24) is 14.7 Å². The lowest BCUT2D eigenvalue weighted by molar-refractivity contribution is -0.140. The third-order valence-corrected chi connectivity index (χ3v) is 5.73. The summed E-state index contributed by atoms with van der Waals surface area (Å²) in [6, 6.07) is 0.117. The van der Waals surface area contributed by atoms with Gasteiger partial charge in [-0.25, -0.2) is 4.79 Å². The van der Waals surface area contributed by atoms with Crippen LogP contribution in [0.3, 0.4) is 0 Å². The maximum Gasteiger partial charge on any atom is 0.327 e. The lowest BCUT2D eigenvalue weighted by atomic mass is 9.96. The molecular formula is C17H25N3O4. The number of carbonyl (C=O) groups is 3. The van der Waals surface area contributed by atoms with Crippen LogP contribution in [-0.4, -0.2) is 77.5 Å². The first-order valence-electron chi connectivity index (χ1n) is 9.14. The first kappa shape index (κ1) is 15.9. The van der Waals surface area contributed by atoms with E-state index in [1.807, 2.05) is 4.90 Å².